The molecule has 0 aliphatic heterocycles. The molecule has 0 heterocycles. The van der Waals surface area contributed by atoms with Crippen molar-refractivity contribution in [1.29, 1.82) is 5.41 Å². The summed E-state index contributed by atoms with van der Waals surface area (Å²) in [5.74, 6) is -0.518. The van der Waals surface area contributed by atoms with Crippen molar-refractivity contribution in [3.05, 3.63) is 47.7 Å². The summed E-state index contributed by atoms with van der Waals surface area (Å²) in [6, 6.07) is 8.59. The molecule has 0 unspecified atom stereocenters. The van der Waals surface area contributed by atoms with Crippen LogP contribution in [-0.4, -0.2) is 16.8 Å². The Hall–Kier alpha value is -2.10. The maximum Gasteiger partial charge on any atom is 0.256 e. The van der Waals surface area contributed by atoms with Crippen LogP contribution in [0.15, 0.2) is 42.2 Å². The first-order valence-corrected chi connectivity index (χ1v) is 4.42. The van der Waals surface area contributed by atoms with E-state index in [0.717, 1.165) is 0 Å². The summed E-state index contributed by atoms with van der Waals surface area (Å²) in [7, 11) is 0. The van der Waals surface area contributed by atoms with E-state index in [2.05, 4.69) is 5.32 Å². The van der Waals surface area contributed by atoms with Crippen LogP contribution in [0.5, 0.6) is 0 Å². The zero-order valence-electron chi connectivity index (χ0n) is 8.32. The molecule has 1 aromatic rings. The van der Waals surface area contributed by atoms with E-state index in [9.17, 15) is 4.79 Å². The molecule has 1 aromatic carbocycles. The molecule has 15 heavy (non-hydrogen) atoms. The van der Waals surface area contributed by atoms with Crippen LogP contribution in [0.3, 0.4) is 0 Å². The van der Waals surface area contributed by atoms with E-state index in [1.54, 1.807) is 30.3 Å². The minimum Gasteiger partial charge on any atom is -0.512 e. The third-order valence-electron chi connectivity index (χ3n) is 1.64. The van der Waals surface area contributed by atoms with Crippen molar-refractivity contribution in [2.45, 2.75) is 6.92 Å². The van der Waals surface area contributed by atoms with Gasteiger partial charge in [0.25, 0.3) is 5.91 Å². The van der Waals surface area contributed by atoms with Crippen molar-refractivity contribution in [3.8, 4) is 0 Å². The number of carbonyl (C=O) groups excluding carboxylic acids is 1. The van der Waals surface area contributed by atoms with Gasteiger partial charge in [-0.05, 0) is 19.1 Å². The molecule has 1 rings (SSSR count). The molecule has 0 radical (unpaired) electrons. The predicted molar refractivity (Wildman–Crippen MR) is 58.0 cm³/mol. The fourth-order valence-electron chi connectivity index (χ4n) is 1.03. The van der Waals surface area contributed by atoms with Gasteiger partial charge in [-0.15, -0.1) is 0 Å². The predicted octanol–water partition coefficient (Wildman–Crippen LogP) is 1.86. The fraction of sp³-hybridized carbons (Fsp3) is 0.0909. The Kier molecular flexibility index (Phi) is 3.62. The number of amidine groups is 1. The summed E-state index contributed by atoms with van der Waals surface area (Å²) in [5, 5.41) is 18.5. The number of allylic oxidation sites excluding steroid dienone is 1. The minimum atomic E-state index is -0.363. The molecule has 0 aromatic heterocycles. The number of carbonyl (C=O) groups is 1. The Morgan fingerprint density at radius 2 is 2.00 bits per heavy atom. The van der Waals surface area contributed by atoms with Crippen molar-refractivity contribution in [1.82, 2.24) is 5.32 Å². The number of amides is 1. The van der Waals surface area contributed by atoms with Crippen LogP contribution in [-0.2, 0) is 0 Å². The lowest BCUT2D eigenvalue weighted by Gasteiger charge is -2.02. The Morgan fingerprint density at radius 1 is 1.40 bits per heavy atom. The van der Waals surface area contributed by atoms with E-state index in [0.29, 0.717) is 5.56 Å². The average Bonchev–Trinajstić information content (AvgIpc) is 2.17. The van der Waals surface area contributed by atoms with Crippen LogP contribution in [0.4, 0.5) is 0 Å². The Labute approximate surface area is 87.8 Å². The van der Waals surface area contributed by atoms with Crippen LogP contribution < -0.4 is 5.32 Å². The number of rotatable bonds is 2. The zero-order chi connectivity index (χ0) is 11.3. The molecule has 0 aliphatic rings. The number of hydrogen-bond donors (Lipinski definition) is 3. The molecule has 0 spiro atoms. The van der Waals surface area contributed by atoms with Crippen molar-refractivity contribution in [2.75, 3.05) is 0 Å². The van der Waals surface area contributed by atoms with Crippen molar-refractivity contribution < 1.29 is 9.90 Å². The molecule has 0 atom stereocenters. The van der Waals surface area contributed by atoms with E-state index in [1.807, 2.05) is 0 Å². The fourth-order valence-corrected chi connectivity index (χ4v) is 1.03. The molecule has 3 N–H and O–H groups in total. The van der Waals surface area contributed by atoms with Gasteiger partial charge in [0, 0.05) is 11.6 Å². The Bertz CT molecular complexity index is 392. The van der Waals surface area contributed by atoms with Gasteiger partial charge in [0.05, 0.1) is 5.76 Å². The highest BCUT2D eigenvalue weighted by atomic mass is 16.3. The molecular formula is C11H12N2O2. The zero-order valence-corrected chi connectivity index (χ0v) is 8.32. The van der Waals surface area contributed by atoms with E-state index >= 15 is 0 Å². The van der Waals surface area contributed by atoms with E-state index in [4.69, 9.17) is 10.5 Å². The van der Waals surface area contributed by atoms with Gasteiger partial charge >= 0.3 is 0 Å². The average molecular weight is 204 g/mol. The van der Waals surface area contributed by atoms with Crippen LogP contribution >= 0.6 is 0 Å². The number of benzene rings is 1. The lowest BCUT2D eigenvalue weighted by atomic mass is 10.2. The van der Waals surface area contributed by atoms with E-state index in [1.165, 1.54) is 13.0 Å². The van der Waals surface area contributed by atoms with Crippen LogP contribution in [0.1, 0.15) is 17.3 Å². The van der Waals surface area contributed by atoms with Gasteiger partial charge in [-0.1, -0.05) is 18.2 Å². The van der Waals surface area contributed by atoms with Gasteiger partial charge < -0.3 is 10.4 Å². The Morgan fingerprint density at radius 3 is 2.53 bits per heavy atom. The third-order valence-corrected chi connectivity index (χ3v) is 1.64. The molecule has 78 valence electrons. The first kappa shape index (κ1) is 11.0. The maximum absolute atomic E-state index is 11.5. The van der Waals surface area contributed by atoms with E-state index in [-0.39, 0.29) is 17.5 Å². The van der Waals surface area contributed by atoms with Crippen LogP contribution in [0.2, 0.25) is 0 Å². The summed E-state index contributed by atoms with van der Waals surface area (Å²) < 4.78 is 0. The molecule has 4 heteroatoms. The normalized spacial score (nSPS) is 10.9. The lowest BCUT2D eigenvalue weighted by molar-refractivity contribution is 0.0977. The van der Waals surface area contributed by atoms with Gasteiger partial charge in [-0.2, -0.15) is 0 Å². The second-order valence-electron chi connectivity index (χ2n) is 3.02. The highest BCUT2D eigenvalue weighted by molar-refractivity contribution is 6.09. The number of aliphatic hydroxyl groups excluding tert-OH is 1. The molecular weight excluding hydrogens is 192 g/mol. The molecule has 0 fully saturated rings. The van der Waals surface area contributed by atoms with Gasteiger partial charge in [0.1, 0.15) is 5.84 Å². The van der Waals surface area contributed by atoms with Gasteiger partial charge in [0.2, 0.25) is 0 Å². The largest absolute Gasteiger partial charge is 0.512 e. The number of aliphatic hydroxyl groups is 1. The molecule has 0 saturated carbocycles. The maximum atomic E-state index is 11.5. The van der Waals surface area contributed by atoms with Crippen LogP contribution in [0, 0.1) is 5.41 Å². The summed E-state index contributed by atoms with van der Waals surface area (Å²) >= 11 is 0. The Balaban J connectivity index is 2.65. The summed E-state index contributed by atoms with van der Waals surface area (Å²) in [5.41, 5.74) is 0.478. The summed E-state index contributed by atoms with van der Waals surface area (Å²) in [6.07, 6.45) is 1.17. The monoisotopic (exact) mass is 204 g/mol. The quantitative estimate of drug-likeness (QED) is 0.391. The highest BCUT2D eigenvalue weighted by Crippen LogP contribution is 1.97. The smallest absolute Gasteiger partial charge is 0.256 e. The van der Waals surface area contributed by atoms with Gasteiger partial charge in [-0.25, -0.2) is 0 Å². The third kappa shape index (κ3) is 3.64. The highest BCUT2D eigenvalue weighted by Gasteiger charge is 2.05. The van der Waals surface area contributed by atoms with Crippen molar-refractivity contribution in [3.63, 3.8) is 0 Å². The summed E-state index contributed by atoms with van der Waals surface area (Å²) in [6.45, 7) is 1.43. The van der Waals surface area contributed by atoms with Crippen LogP contribution in [0.25, 0.3) is 0 Å². The SMILES string of the molecule is CC(O)=CC(=N)NC(=O)c1ccccc1. The van der Waals surface area contributed by atoms with E-state index < -0.39 is 0 Å². The van der Waals surface area contributed by atoms with Crippen molar-refractivity contribution in [2.24, 2.45) is 0 Å². The first-order chi connectivity index (χ1) is 7.09. The minimum absolute atomic E-state index is 0.0200. The number of nitrogens with one attached hydrogen (secondary N) is 2. The molecule has 0 aliphatic carbocycles. The molecule has 0 bridgehead atoms. The first-order valence-electron chi connectivity index (χ1n) is 4.42. The second kappa shape index (κ2) is 4.95. The lowest BCUT2D eigenvalue weighted by Crippen LogP contribution is -2.28. The van der Waals surface area contributed by atoms with Gasteiger partial charge in [-0.3, -0.25) is 10.2 Å². The summed E-state index contributed by atoms with van der Waals surface area (Å²) in [4.78, 5) is 11.5. The molecule has 4 nitrogen and oxygen atoms in total. The second-order valence-corrected chi connectivity index (χ2v) is 3.02. The topological polar surface area (TPSA) is 73.2 Å². The molecule has 1 amide bonds. The van der Waals surface area contributed by atoms with Crippen molar-refractivity contribution >= 4 is 11.7 Å². The number of hydrogen-bond acceptors (Lipinski definition) is 3. The molecule has 0 saturated heterocycles. The standard InChI is InChI=1S/C11H12N2O2/c1-8(14)7-10(12)13-11(15)9-5-3-2-4-6-9/h2-7,14H,1H3,(H2,12,13,15). The van der Waals surface area contributed by atoms with Gasteiger partial charge in [0.15, 0.2) is 0 Å².